The van der Waals surface area contributed by atoms with Crippen molar-refractivity contribution in [3.05, 3.63) is 102 Å². The molecular weight excluding hydrogens is 666 g/mol. The second-order valence-corrected chi connectivity index (χ2v) is 12.6. The number of carboxylic acids is 1. The van der Waals surface area contributed by atoms with Crippen LogP contribution in [-0.4, -0.2) is 80.5 Å². The number of rotatable bonds is 17. The summed E-state index contributed by atoms with van der Waals surface area (Å²) in [5.74, 6) is -3.40. The van der Waals surface area contributed by atoms with Crippen LogP contribution in [0.5, 0.6) is 5.75 Å². The van der Waals surface area contributed by atoms with Crippen LogP contribution in [0.4, 0.5) is 0 Å². The molecule has 5 rings (SSSR count). The Morgan fingerprint density at radius 1 is 0.692 bits per heavy atom. The molecule has 13 N–H and O–H groups in total. The molecule has 0 spiro atoms. The zero-order chi connectivity index (χ0) is 37.2. The summed E-state index contributed by atoms with van der Waals surface area (Å²) in [6, 6.07) is 16.4. The maximum Gasteiger partial charge on any atom is 0.326 e. The highest BCUT2D eigenvalue weighted by molar-refractivity contribution is 5.95. The third kappa shape index (κ3) is 9.66. The van der Waals surface area contributed by atoms with Gasteiger partial charge in [0.1, 0.15) is 23.9 Å². The first-order valence-corrected chi connectivity index (χ1v) is 16.8. The van der Waals surface area contributed by atoms with Crippen LogP contribution in [-0.2, 0) is 38.4 Å². The van der Waals surface area contributed by atoms with Gasteiger partial charge in [-0.25, -0.2) is 4.79 Å². The molecule has 0 saturated carbocycles. The van der Waals surface area contributed by atoms with Gasteiger partial charge in [0.25, 0.3) is 0 Å². The summed E-state index contributed by atoms with van der Waals surface area (Å²) in [6.45, 7) is 0.165. The molecule has 4 atom stereocenters. The minimum atomic E-state index is -1.29. The average Bonchev–Trinajstić information content (AvgIpc) is 3.73. The highest BCUT2D eigenvalue weighted by Gasteiger charge is 2.31. The molecule has 0 aliphatic carbocycles. The number of benzene rings is 3. The zero-order valence-corrected chi connectivity index (χ0v) is 28.3. The number of hydrogen-bond donors (Lipinski definition) is 10. The monoisotopic (exact) mass is 709 g/mol. The number of hydrogen-bond acceptors (Lipinski definition) is 7. The largest absolute Gasteiger partial charge is 0.508 e. The fraction of sp³-hybridized carbons (Fsp3) is 0.270. The number of amides is 3. The highest BCUT2D eigenvalue weighted by Crippen LogP contribution is 2.21. The first-order valence-electron chi connectivity index (χ1n) is 16.8. The molecule has 15 nitrogen and oxygen atoms in total. The van der Waals surface area contributed by atoms with Gasteiger partial charge in [-0.05, 0) is 60.2 Å². The van der Waals surface area contributed by atoms with Crippen LogP contribution in [0.2, 0.25) is 0 Å². The van der Waals surface area contributed by atoms with E-state index >= 15 is 0 Å². The quantitative estimate of drug-likeness (QED) is 0.0378. The molecule has 0 fully saturated rings. The van der Waals surface area contributed by atoms with E-state index in [-0.39, 0.29) is 50.4 Å². The van der Waals surface area contributed by atoms with Crippen molar-refractivity contribution < 1.29 is 29.4 Å². The molecule has 52 heavy (non-hydrogen) atoms. The molecule has 0 aliphatic rings. The Morgan fingerprint density at radius 2 is 1.21 bits per heavy atom. The van der Waals surface area contributed by atoms with Crippen LogP contribution >= 0.6 is 0 Å². The van der Waals surface area contributed by atoms with Gasteiger partial charge in [-0.2, -0.15) is 0 Å². The van der Waals surface area contributed by atoms with Crippen molar-refractivity contribution >= 4 is 51.5 Å². The van der Waals surface area contributed by atoms with E-state index in [1.807, 2.05) is 48.5 Å². The van der Waals surface area contributed by atoms with Gasteiger partial charge >= 0.3 is 5.97 Å². The van der Waals surface area contributed by atoms with Gasteiger partial charge in [0.15, 0.2) is 5.96 Å². The number of nitrogens with one attached hydrogen (secondary N) is 5. The number of aromatic hydroxyl groups is 1. The minimum Gasteiger partial charge on any atom is -0.508 e. The predicted molar refractivity (Wildman–Crippen MR) is 197 cm³/mol. The molecule has 0 aliphatic heterocycles. The maximum absolute atomic E-state index is 14.1. The topological polar surface area (TPSA) is 267 Å². The van der Waals surface area contributed by atoms with E-state index in [1.54, 1.807) is 24.5 Å². The number of phenols is 1. The van der Waals surface area contributed by atoms with Crippen molar-refractivity contribution in [2.45, 2.75) is 56.3 Å². The van der Waals surface area contributed by atoms with Gasteiger partial charge in [0, 0.05) is 53.6 Å². The fourth-order valence-corrected chi connectivity index (χ4v) is 6.02. The summed E-state index contributed by atoms with van der Waals surface area (Å²) in [6.07, 6.45) is 4.00. The number of nitrogens with zero attached hydrogens (tertiary/aromatic N) is 1. The van der Waals surface area contributed by atoms with E-state index in [4.69, 9.17) is 17.2 Å². The molecule has 3 amide bonds. The standard InChI is InChI=1S/C37H43N9O6/c38-27(17-22-19-42-28-8-3-1-6-25(22)28)33(48)45-31(16-21-11-13-24(47)14-12-21)34(49)46-32(18-23-20-43-29-9-4-2-7-26(23)29)35(50)44-30(36(51)52)10-5-15-41-37(39)40/h1-4,6-9,11-14,19-20,27,30-32,42-43,47H,5,10,15-18,38H2,(H,44,50)(H,45,48)(H,46,49)(H,51,52)(H4,39,40,41). The number of para-hydroxylation sites is 2. The lowest BCUT2D eigenvalue weighted by molar-refractivity contribution is -0.142. The van der Waals surface area contributed by atoms with Gasteiger partial charge in [0.05, 0.1) is 6.04 Å². The fourth-order valence-electron chi connectivity index (χ4n) is 6.02. The summed E-state index contributed by atoms with van der Waals surface area (Å²) in [7, 11) is 0. The Kier molecular flexibility index (Phi) is 12.1. The molecule has 2 heterocycles. The highest BCUT2D eigenvalue weighted by atomic mass is 16.4. The number of aliphatic carboxylic acids is 1. The van der Waals surface area contributed by atoms with Gasteiger partial charge in [-0.1, -0.05) is 48.5 Å². The number of aromatic amines is 2. The summed E-state index contributed by atoms with van der Waals surface area (Å²) >= 11 is 0. The van der Waals surface area contributed by atoms with Gasteiger partial charge in [-0.3, -0.25) is 19.4 Å². The molecule has 272 valence electrons. The summed E-state index contributed by atoms with van der Waals surface area (Å²) in [5.41, 5.74) is 21.0. The van der Waals surface area contributed by atoms with Crippen LogP contribution in [0.25, 0.3) is 21.8 Å². The lowest BCUT2D eigenvalue weighted by atomic mass is 10.0. The van der Waals surface area contributed by atoms with Gasteiger partial charge in [0.2, 0.25) is 17.7 Å². The van der Waals surface area contributed by atoms with E-state index in [2.05, 4.69) is 30.9 Å². The van der Waals surface area contributed by atoms with Crippen molar-refractivity contribution in [1.29, 1.82) is 0 Å². The van der Waals surface area contributed by atoms with E-state index < -0.39 is 47.9 Å². The Bertz CT molecular complexity index is 2050. The number of carbonyl (C=O) groups excluding carboxylic acids is 3. The minimum absolute atomic E-state index is 0.00161. The van der Waals surface area contributed by atoms with Gasteiger partial charge < -0.3 is 53.3 Å². The second kappa shape index (κ2) is 17.0. The molecule has 4 unspecified atom stereocenters. The van der Waals surface area contributed by atoms with Crippen molar-refractivity contribution in [2.24, 2.45) is 22.2 Å². The number of aromatic nitrogens is 2. The molecule has 2 aromatic heterocycles. The SMILES string of the molecule is NC(N)=NCCCC(NC(=O)C(Cc1c[nH]c2ccccc12)NC(=O)C(Cc1ccc(O)cc1)NC(=O)C(N)Cc1c[nH]c2ccccc12)C(=O)O. The van der Waals surface area contributed by atoms with Crippen LogP contribution < -0.4 is 33.2 Å². The smallest absolute Gasteiger partial charge is 0.326 e. The zero-order valence-electron chi connectivity index (χ0n) is 28.3. The van der Waals surface area contributed by atoms with Crippen molar-refractivity contribution in [3.63, 3.8) is 0 Å². The molecule has 0 radical (unpaired) electrons. The van der Waals surface area contributed by atoms with E-state index in [1.165, 1.54) is 12.1 Å². The molecule has 0 bridgehead atoms. The Hall–Kier alpha value is -6.35. The number of carbonyl (C=O) groups is 4. The third-order valence-corrected chi connectivity index (χ3v) is 8.75. The first kappa shape index (κ1) is 36.9. The number of fused-ring (bicyclic) bond motifs is 2. The van der Waals surface area contributed by atoms with E-state index in [9.17, 15) is 29.4 Å². The molecule has 0 saturated heterocycles. The summed E-state index contributed by atoms with van der Waals surface area (Å²) in [5, 5.41) is 29.5. The number of phenolic OH excluding ortho intramolecular Hbond substituents is 1. The number of carboxylic acid groups (broad SMARTS) is 1. The molecular formula is C37H43N9O6. The summed E-state index contributed by atoms with van der Waals surface area (Å²) < 4.78 is 0. The van der Waals surface area contributed by atoms with Crippen LogP contribution in [0.15, 0.2) is 90.2 Å². The number of aliphatic imine (C=N–C) groups is 1. The summed E-state index contributed by atoms with van der Waals surface area (Å²) in [4.78, 5) is 63.8. The molecule has 3 aromatic carbocycles. The number of nitrogens with two attached hydrogens (primary N) is 3. The predicted octanol–water partition coefficient (Wildman–Crippen LogP) is 1.30. The normalized spacial score (nSPS) is 13.5. The van der Waals surface area contributed by atoms with Crippen molar-refractivity contribution in [2.75, 3.05) is 6.54 Å². The molecule has 5 aromatic rings. The average molecular weight is 710 g/mol. The van der Waals surface area contributed by atoms with E-state index in [0.717, 1.165) is 27.4 Å². The van der Waals surface area contributed by atoms with E-state index in [0.29, 0.717) is 11.1 Å². The number of guanidine groups is 1. The first-order chi connectivity index (χ1) is 25.0. The Labute approximate surface area is 299 Å². The van der Waals surface area contributed by atoms with Crippen molar-refractivity contribution in [3.8, 4) is 5.75 Å². The second-order valence-electron chi connectivity index (χ2n) is 12.6. The lowest BCUT2D eigenvalue weighted by Crippen LogP contribution is -2.58. The Morgan fingerprint density at radius 3 is 1.79 bits per heavy atom. The van der Waals surface area contributed by atoms with Crippen molar-refractivity contribution in [1.82, 2.24) is 25.9 Å². The number of H-pyrrole nitrogens is 2. The van der Waals surface area contributed by atoms with Crippen LogP contribution in [0.3, 0.4) is 0 Å². The lowest BCUT2D eigenvalue weighted by Gasteiger charge is -2.25. The van der Waals surface area contributed by atoms with Gasteiger partial charge in [-0.15, -0.1) is 0 Å². The maximum atomic E-state index is 14.1. The molecule has 15 heteroatoms. The third-order valence-electron chi connectivity index (χ3n) is 8.75. The van der Waals surface area contributed by atoms with Crippen LogP contribution in [0, 0.1) is 0 Å². The van der Waals surface area contributed by atoms with Crippen LogP contribution in [0.1, 0.15) is 29.5 Å². The Balaban J connectivity index is 1.38.